The lowest BCUT2D eigenvalue weighted by Crippen LogP contribution is -2.00. The van der Waals surface area contributed by atoms with Crippen LogP contribution < -0.4 is 0 Å². The van der Waals surface area contributed by atoms with Crippen LogP contribution in [0.4, 0.5) is 0 Å². The number of nitrogens with zero attached hydrogens (tertiary/aromatic N) is 16. The second kappa shape index (κ2) is 32.5. The van der Waals surface area contributed by atoms with Crippen LogP contribution in [0.2, 0.25) is 0 Å². The number of hydrogen-bond donors (Lipinski definition) is 0. The molecule has 6 aromatic carbocycles. The van der Waals surface area contributed by atoms with E-state index in [0.717, 1.165) is 80.8 Å². The fraction of sp³-hybridized carbons (Fsp3) is 0.432. The monoisotopic (exact) mass is 1400 g/mol. The summed E-state index contributed by atoms with van der Waals surface area (Å²) in [4.78, 5) is 22.9. The lowest BCUT2D eigenvalue weighted by atomic mass is 9.92. The molecule has 104 heavy (non-hydrogen) atoms. The van der Waals surface area contributed by atoms with Crippen LogP contribution in [-0.2, 0) is 42.3 Å². The number of hydrogen-bond acceptors (Lipinski definition) is 10. The Morgan fingerprint density at radius 2 is 0.538 bits per heavy atom. The van der Waals surface area contributed by atoms with Gasteiger partial charge in [-0.3, -0.25) is 9.36 Å². The third-order valence-corrected chi connectivity index (χ3v) is 23.5. The molecule has 0 fully saturated rings. The van der Waals surface area contributed by atoms with E-state index in [0.29, 0.717) is 0 Å². The fourth-order valence-electron chi connectivity index (χ4n) is 13.2. The van der Waals surface area contributed by atoms with E-state index in [4.69, 9.17) is 9.97 Å². The maximum absolute atomic E-state index is 4.72. The minimum Gasteiger partial charge on any atom is -0.335 e. The Kier molecular flexibility index (Phi) is 25.5. The summed E-state index contributed by atoms with van der Waals surface area (Å²) >= 11 is 0. The van der Waals surface area contributed by atoms with Crippen molar-refractivity contribution >= 4 is 0 Å². The van der Waals surface area contributed by atoms with Crippen molar-refractivity contribution in [1.82, 2.24) is 78.2 Å². The molecule has 6 heterocycles. The predicted molar refractivity (Wildman–Crippen MR) is 435 cm³/mol. The van der Waals surface area contributed by atoms with Crippen LogP contribution in [0.15, 0.2) is 36.4 Å². The molecule has 16 nitrogen and oxygen atoms in total. The van der Waals surface area contributed by atoms with Crippen molar-refractivity contribution in [3.63, 3.8) is 0 Å². The van der Waals surface area contributed by atoms with Crippen LogP contribution >= 0.6 is 0 Å². The van der Waals surface area contributed by atoms with Gasteiger partial charge in [0.2, 0.25) is 0 Å². The topological polar surface area (TPSA) is 158 Å². The van der Waals surface area contributed by atoms with E-state index in [-0.39, 0.29) is 0 Å². The molecular weight excluding hydrogens is 1280 g/mol. The van der Waals surface area contributed by atoms with Gasteiger partial charge in [0.05, 0.1) is 11.4 Å². The maximum Gasteiger partial charge on any atom is 0.181 e. The predicted octanol–water partition coefficient (Wildman–Crippen LogP) is 20.0. The average molecular weight is 1400 g/mol. The van der Waals surface area contributed by atoms with Gasteiger partial charge in [0.15, 0.2) is 23.3 Å². The normalized spacial score (nSPS) is 11.0. The van der Waals surface area contributed by atoms with Gasteiger partial charge in [-0.2, -0.15) is 15.3 Å². The van der Waals surface area contributed by atoms with Gasteiger partial charge in [0, 0.05) is 87.1 Å². The Labute approximate surface area is 623 Å². The van der Waals surface area contributed by atoms with Gasteiger partial charge in [0.25, 0.3) is 0 Å². The minimum atomic E-state index is 0.817. The molecule has 6 aromatic heterocycles. The van der Waals surface area contributed by atoms with E-state index in [1.54, 1.807) is 0 Å². The second-order valence-electron chi connectivity index (χ2n) is 29.5. The average Bonchev–Trinajstić information content (AvgIpc) is 1.51. The summed E-state index contributed by atoms with van der Waals surface area (Å²) in [6, 6.07) is 13.3. The van der Waals surface area contributed by atoms with E-state index in [9.17, 15) is 0 Å². The standard InChI is InChI=1S/2C16H22N2.4C14H19N3/c1-9-8-15(12(4)11(3)10(9)2)16-13(5)18(7)14(6)17-16;1-9-8-15(12(4)11(3)10(9)2)16-17-13(5)14(6)18(16)7;1-8-7-13(11(4)10(3)9(8)2)14-16-15-12(5)17(14)6;2*1-8-7-13(11(4)10(3)9(8)2)14-15-12(5)17(6)16-14;1-8-7-13(11(4)10(3)9(8)2)14-15-12(5)16-17(14)6/h2*8H,1-7H3;4*7H,1-6H3. The van der Waals surface area contributed by atoms with Crippen LogP contribution in [0.1, 0.15) is 180 Å². The van der Waals surface area contributed by atoms with Gasteiger partial charge >= 0.3 is 0 Å². The maximum atomic E-state index is 4.72. The molecule has 16 heteroatoms. The van der Waals surface area contributed by atoms with Crippen LogP contribution in [0, 0.1) is 222 Å². The Morgan fingerprint density at radius 1 is 0.221 bits per heavy atom. The van der Waals surface area contributed by atoms with Crippen molar-refractivity contribution in [1.29, 1.82) is 0 Å². The highest BCUT2D eigenvalue weighted by Crippen LogP contribution is 2.36. The molecule has 12 aromatic rings. The second-order valence-corrected chi connectivity index (χ2v) is 29.5. The molecule has 552 valence electrons. The molecule has 0 atom stereocenters. The van der Waals surface area contributed by atoms with E-state index in [2.05, 4.69) is 294 Å². The lowest BCUT2D eigenvalue weighted by Gasteiger charge is -2.14. The first-order chi connectivity index (χ1) is 48.4. The smallest absolute Gasteiger partial charge is 0.181 e. The molecule has 0 saturated carbocycles. The zero-order valence-corrected chi connectivity index (χ0v) is 70.6. The third-order valence-electron chi connectivity index (χ3n) is 23.5. The van der Waals surface area contributed by atoms with Crippen molar-refractivity contribution < 1.29 is 0 Å². The van der Waals surface area contributed by atoms with Crippen molar-refractivity contribution in [3.05, 3.63) is 216 Å². The zero-order chi connectivity index (χ0) is 78.2. The highest BCUT2D eigenvalue weighted by atomic mass is 15.3. The summed E-state index contributed by atoms with van der Waals surface area (Å²) in [5.41, 5.74) is 44.0. The molecule has 0 aliphatic carbocycles. The molecule has 0 aliphatic rings. The highest BCUT2D eigenvalue weighted by Gasteiger charge is 2.21. The number of imidazole rings is 2. The molecule has 0 spiro atoms. The quantitative estimate of drug-likeness (QED) is 0.157. The van der Waals surface area contributed by atoms with Gasteiger partial charge in [-0.15, -0.1) is 10.2 Å². The third kappa shape index (κ3) is 16.6. The van der Waals surface area contributed by atoms with Crippen molar-refractivity contribution in [2.45, 2.75) is 222 Å². The highest BCUT2D eigenvalue weighted by molar-refractivity contribution is 5.72. The van der Waals surface area contributed by atoms with Gasteiger partial charge in [-0.1, -0.05) is 0 Å². The number of benzene rings is 6. The molecule has 0 amide bonds. The lowest BCUT2D eigenvalue weighted by molar-refractivity contribution is 0.736. The fourth-order valence-corrected chi connectivity index (χ4v) is 13.2. The van der Waals surface area contributed by atoms with Crippen LogP contribution in [0.5, 0.6) is 0 Å². The number of aryl methyl sites for hydroxylation is 15. The summed E-state index contributed by atoms with van der Waals surface area (Å²) in [6.07, 6.45) is 0. The van der Waals surface area contributed by atoms with Gasteiger partial charge in [-0.25, -0.2) is 29.6 Å². The number of rotatable bonds is 6. The first-order valence-electron chi connectivity index (χ1n) is 36.3. The molecule has 12 rings (SSSR count). The largest absolute Gasteiger partial charge is 0.335 e. The number of aromatic nitrogens is 16. The Morgan fingerprint density at radius 3 is 0.817 bits per heavy atom. The summed E-state index contributed by atoms with van der Waals surface area (Å²) < 4.78 is 11.9. The first-order valence-corrected chi connectivity index (χ1v) is 36.3. The van der Waals surface area contributed by atoms with Crippen LogP contribution in [0.25, 0.3) is 68.2 Å². The van der Waals surface area contributed by atoms with Crippen LogP contribution in [0.3, 0.4) is 0 Å². The molecular formula is C88H120N16. The molecule has 0 radical (unpaired) electrons. The molecule has 0 aliphatic heterocycles. The van der Waals surface area contributed by atoms with Gasteiger partial charge in [0.1, 0.15) is 34.9 Å². The van der Waals surface area contributed by atoms with Crippen LogP contribution in [-0.4, -0.2) is 78.2 Å². The SMILES string of the molecule is Cc1cc(-c2nc(C)c(C)n2C)c(C)c(C)c1C.Cc1cc(-c2nc(C)n(C)c2C)c(C)c(C)c1C.Cc1cc(-c2nc(C)n(C)n2)c(C)c(C)c1C.Cc1cc(-c2nc(C)n(C)n2)c(C)c(C)c1C.Cc1cc(-c2nnc(C)n2C)c(C)c(C)c1C.Cc1nc(-c2cc(C)c(C)c(C)c2C)n(C)n1. The molecule has 0 unspecified atom stereocenters. The van der Waals surface area contributed by atoms with Crippen molar-refractivity contribution in [2.24, 2.45) is 42.3 Å². The first kappa shape index (κ1) is 81.6. The van der Waals surface area contributed by atoms with Gasteiger partial charge in [-0.05, 0) is 391 Å². The summed E-state index contributed by atoms with van der Waals surface area (Å²) in [5, 5.41) is 21.6. The van der Waals surface area contributed by atoms with E-state index in [1.165, 1.54) is 167 Å². The van der Waals surface area contributed by atoms with Crippen molar-refractivity contribution in [2.75, 3.05) is 0 Å². The summed E-state index contributed by atoms with van der Waals surface area (Å²) in [7, 11) is 12.0. The minimum absolute atomic E-state index is 0.817. The van der Waals surface area contributed by atoms with E-state index < -0.39 is 0 Å². The van der Waals surface area contributed by atoms with Crippen molar-refractivity contribution in [3.8, 4) is 68.2 Å². The summed E-state index contributed by atoms with van der Waals surface area (Å²) in [5.74, 6) is 9.34. The Bertz CT molecular complexity index is 4910. The van der Waals surface area contributed by atoms with Gasteiger partial charge < -0.3 is 13.7 Å². The summed E-state index contributed by atoms with van der Waals surface area (Å²) in [6.45, 7) is 68.2. The van der Waals surface area contributed by atoms with E-state index >= 15 is 0 Å². The Hall–Kier alpha value is -9.70. The Balaban J connectivity index is 0.000000175. The molecule has 0 saturated heterocycles. The zero-order valence-electron chi connectivity index (χ0n) is 70.6. The molecule has 0 bridgehead atoms. The van der Waals surface area contributed by atoms with E-state index in [1.807, 2.05) is 74.5 Å². The molecule has 0 N–H and O–H groups in total.